The Morgan fingerprint density at radius 3 is 2.81 bits per heavy atom. The highest BCUT2D eigenvalue weighted by Gasteiger charge is 2.13. The predicted octanol–water partition coefficient (Wildman–Crippen LogP) is 2.59. The minimum Gasteiger partial charge on any atom is -0.478 e. The summed E-state index contributed by atoms with van der Waals surface area (Å²) in [5.74, 6) is -1.64. The Morgan fingerprint density at radius 2 is 2.14 bits per heavy atom. The van der Waals surface area contributed by atoms with Crippen molar-refractivity contribution in [2.75, 3.05) is 13.6 Å². The molecule has 0 unspecified atom stereocenters. The van der Waals surface area contributed by atoms with E-state index in [0.29, 0.717) is 12.1 Å². The number of aromatic nitrogens is 1. The van der Waals surface area contributed by atoms with Gasteiger partial charge >= 0.3 is 5.97 Å². The lowest BCUT2D eigenvalue weighted by atomic mass is 10.1. The molecule has 0 bridgehead atoms. The molecule has 1 N–H and O–H groups in total. The van der Waals surface area contributed by atoms with Crippen molar-refractivity contribution in [1.82, 2.24) is 9.88 Å². The first-order valence-corrected chi connectivity index (χ1v) is 6.66. The Kier molecular flexibility index (Phi) is 5.00. The van der Waals surface area contributed by atoms with Crippen molar-refractivity contribution < 1.29 is 14.3 Å². The monoisotopic (exact) mass is 288 g/mol. The maximum Gasteiger partial charge on any atom is 0.336 e. The van der Waals surface area contributed by atoms with Gasteiger partial charge in [-0.05, 0) is 36.9 Å². The van der Waals surface area contributed by atoms with Gasteiger partial charge in [0.15, 0.2) is 0 Å². The van der Waals surface area contributed by atoms with Crippen LogP contribution >= 0.6 is 0 Å². The summed E-state index contributed by atoms with van der Waals surface area (Å²) < 4.78 is 13.1. The molecule has 110 valence electrons. The van der Waals surface area contributed by atoms with Gasteiger partial charge in [0, 0.05) is 31.4 Å². The van der Waals surface area contributed by atoms with Crippen LogP contribution in [0.25, 0.3) is 0 Å². The molecular weight excluding hydrogens is 271 g/mol. The molecule has 5 heteroatoms. The highest BCUT2D eigenvalue weighted by Crippen LogP contribution is 2.14. The third-order valence-electron chi connectivity index (χ3n) is 3.22. The van der Waals surface area contributed by atoms with Gasteiger partial charge in [0.25, 0.3) is 0 Å². The van der Waals surface area contributed by atoms with Gasteiger partial charge < -0.3 is 10.0 Å². The van der Waals surface area contributed by atoms with E-state index in [0.717, 1.165) is 24.7 Å². The number of carboxylic acid groups (broad SMARTS) is 1. The van der Waals surface area contributed by atoms with Gasteiger partial charge in [0.1, 0.15) is 5.82 Å². The molecule has 21 heavy (non-hydrogen) atoms. The molecule has 0 spiro atoms. The van der Waals surface area contributed by atoms with E-state index in [4.69, 9.17) is 5.11 Å². The molecule has 0 saturated heterocycles. The first-order chi connectivity index (χ1) is 10.1. The predicted molar refractivity (Wildman–Crippen MR) is 77.6 cm³/mol. The summed E-state index contributed by atoms with van der Waals surface area (Å²) in [7, 11) is 1.90. The maximum atomic E-state index is 13.1. The molecule has 0 fully saturated rings. The first kappa shape index (κ1) is 15.1. The van der Waals surface area contributed by atoms with Crippen molar-refractivity contribution in [3.05, 3.63) is 65.2 Å². The number of nitrogens with zero attached hydrogens (tertiary/aromatic N) is 2. The lowest BCUT2D eigenvalue weighted by molar-refractivity contribution is 0.0694. The van der Waals surface area contributed by atoms with Gasteiger partial charge in [-0.3, -0.25) is 4.98 Å². The van der Waals surface area contributed by atoms with Crippen LogP contribution in [0.4, 0.5) is 4.39 Å². The molecule has 0 aliphatic heterocycles. The van der Waals surface area contributed by atoms with Crippen LogP contribution in [-0.4, -0.2) is 34.6 Å². The van der Waals surface area contributed by atoms with Crippen molar-refractivity contribution in [1.29, 1.82) is 0 Å². The van der Waals surface area contributed by atoms with E-state index in [-0.39, 0.29) is 5.56 Å². The van der Waals surface area contributed by atoms with Crippen LogP contribution in [0.1, 0.15) is 21.6 Å². The van der Waals surface area contributed by atoms with E-state index in [1.807, 2.05) is 30.1 Å². The second kappa shape index (κ2) is 6.95. The highest BCUT2D eigenvalue weighted by molar-refractivity contribution is 5.89. The highest BCUT2D eigenvalue weighted by atomic mass is 19.1. The average Bonchev–Trinajstić information content (AvgIpc) is 2.48. The fourth-order valence-electron chi connectivity index (χ4n) is 2.11. The Bertz CT molecular complexity index is 617. The van der Waals surface area contributed by atoms with Crippen molar-refractivity contribution in [2.45, 2.75) is 13.0 Å². The normalized spacial score (nSPS) is 10.8. The van der Waals surface area contributed by atoms with E-state index < -0.39 is 11.8 Å². The van der Waals surface area contributed by atoms with Gasteiger partial charge in [-0.2, -0.15) is 0 Å². The number of benzene rings is 1. The van der Waals surface area contributed by atoms with Crippen LogP contribution in [0.5, 0.6) is 0 Å². The SMILES string of the molecule is CN(CCc1ccccn1)Cc1ccc(F)cc1C(=O)O. The fraction of sp³-hybridized carbons (Fsp3) is 0.250. The van der Waals surface area contributed by atoms with E-state index >= 15 is 0 Å². The summed E-state index contributed by atoms with van der Waals surface area (Å²) in [5, 5.41) is 9.12. The molecule has 2 aromatic rings. The molecular formula is C16H17FN2O2. The van der Waals surface area contributed by atoms with Gasteiger partial charge in [-0.1, -0.05) is 12.1 Å². The molecule has 1 heterocycles. The van der Waals surface area contributed by atoms with Gasteiger partial charge in [0.05, 0.1) is 5.56 Å². The number of hydrogen-bond donors (Lipinski definition) is 1. The third kappa shape index (κ3) is 4.36. The number of rotatable bonds is 6. The second-order valence-corrected chi connectivity index (χ2v) is 4.92. The molecule has 0 aliphatic rings. The molecule has 0 amide bonds. The minimum absolute atomic E-state index is 0.0136. The van der Waals surface area contributed by atoms with Gasteiger partial charge in [-0.25, -0.2) is 9.18 Å². The number of aromatic carboxylic acids is 1. The number of pyridine rings is 1. The minimum atomic E-state index is -1.11. The Balaban J connectivity index is 1.99. The number of halogens is 1. The van der Waals surface area contributed by atoms with Crippen molar-refractivity contribution in [2.24, 2.45) is 0 Å². The smallest absolute Gasteiger partial charge is 0.336 e. The zero-order chi connectivity index (χ0) is 15.2. The summed E-state index contributed by atoms with van der Waals surface area (Å²) in [4.78, 5) is 17.4. The maximum absolute atomic E-state index is 13.1. The Labute approximate surface area is 122 Å². The summed E-state index contributed by atoms with van der Waals surface area (Å²) in [6.07, 6.45) is 2.53. The molecule has 4 nitrogen and oxygen atoms in total. The lowest BCUT2D eigenvalue weighted by Crippen LogP contribution is -2.22. The Morgan fingerprint density at radius 1 is 1.33 bits per heavy atom. The standard InChI is InChI=1S/C16H17FN2O2/c1-19(9-7-14-4-2-3-8-18-14)11-12-5-6-13(17)10-15(12)16(20)21/h2-6,8,10H,7,9,11H2,1H3,(H,20,21). The first-order valence-electron chi connectivity index (χ1n) is 6.66. The van der Waals surface area contributed by atoms with Crippen molar-refractivity contribution in [3.63, 3.8) is 0 Å². The molecule has 0 atom stereocenters. The van der Waals surface area contributed by atoms with Gasteiger partial charge in [0.2, 0.25) is 0 Å². The molecule has 0 radical (unpaired) electrons. The van der Waals surface area contributed by atoms with Crippen LogP contribution < -0.4 is 0 Å². The number of hydrogen-bond acceptors (Lipinski definition) is 3. The van der Waals surface area contributed by atoms with Crippen molar-refractivity contribution >= 4 is 5.97 Å². The second-order valence-electron chi connectivity index (χ2n) is 4.92. The van der Waals surface area contributed by atoms with Crippen LogP contribution in [0.3, 0.4) is 0 Å². The summed E-state index contributed by atoms with van der Waals surface area (Å²) >= 11 is 0. The molecule has 0 saturated carbocycles. The van der Waals surface area contributed by atoms with Gasteiger partial charge in [-0.15, -0.1) is 0 Å². The van der Waals surface area contributed by atoms with E-state index in [1.54, 1.807) is 6.20 Å². The van der Waals surface area contributed by atoms with Crippen molar-refractivity contribution in [3.8, 4) is 0 Å². The number of carbonyl (C=O) groups is 1. The molecule has 0 aliphatic carbocycles. The van der Waals surface area contributed by atoms with E-state index in [2.05, 4.69) is 4.98 Å². The number of likely N-dealkylation sites (N-methyl/N-ethyl adjacent to an activating group) is 1. The third-order valence-corrected chi connectivity index (χ3v) is 3.22. The molecule has 1 aromatic carbocycles. The number of carboxylic acids is 1. The summed E-state index contributed by atoms with van der Waals surface area (Å²) in [6.45, 7) is 1.20. The van der Waals surface area contributed by atoms with Crippen LogP contribution in [-0.2, 0) is 13.0 Å². The fourth-order valence-corrected chi connectivity index (χ4v) is 2.11. The Hall–Kier alpha value is -2.27. The largest absolute Gasteiger partial charge is 0.478 e. The zero-order valence-electron chi connectivity index (χ0n) is 11.8. The topological polar surface area (TPSA) is 53.4 Å². The van der Waals surface area contributed by atoms with E-state index in [9.17, 15) is 9.18 Å². The lowest BCUT2D eigenvalue weighted by Gasteiger charge is -2.17. The summed E-state index contributed by atoms with van der Waals surface area (Å²) in [6, 6.07) is 9.62. The quantitative estimate of drug-likeness (QED) is 0.887. The summed E-state index contributed by atoms with van der Waals surface area (Å²) in [5.41, 5.74) is 1.61. The van der Waals surface area contributed by atoms with E-state index in [1.165, 1.54) is 12.1 Å². The molecule has 1 aromatic heterocycles. The average molecular weight is 288 g/mol. The zero-order valence-corrected chi connectivity index (χ0v) is 11.8. The van der Waals surface area contributed by atoms with Crippen LogP contribution in [0.15, 0.2) is 42.6 Å². The van der Waals surface area contributed by atoms with Crippen LogP contribution in [0, 0.1) is 5.82 Å². The molecule has 2 rings (SSSR count). The van der Waals surface area contributed by atoms with Crippen LogP contribution in [0.2, 0.25) is 0 Å².